The van der Waals surface area contributed by atoms with Crippen molar-refractivity contribution in [2.24, 2.45) is 12.5 Å². The lowest BCUT2D eigenvalue weighted by Crippen LogP contribution is -2.31. The van der Waals surface area contributed by atoms with Crippen LogP contribution in [0.1, 0.15) is 31.0 Å². The van der Waals surface area contributed by atoms with E-state index in [1.807, 2.05) is 59.4 Å². The van der Waals surface area contributed by atoms with Gasteiger partial charge in [0.1, 0.15) is 0 Å². The summed E-state index contributed by atoms with van der Waals surface area (Å²) in [6, 6.07) is 9.70. The maximum atomic E-state index is 12.9. The molecule has 1 aliphatic heterocycles. The molecular formula is C20H24N6O. The van der Waals surface area contributed by atoms with Gasteiger partial charge >= 0.3 is 0 Å². The second-order valence-electron chi connectivity index (χ2n) is 7.90. The zero-order valence-electron chi connectivity index (χ0n) is 15.9. The first-order valence-electron chi connectivity index (χ1n) is 9.15. The van der Waals surface area contributed by atoms with Crippen molar-refractivity contribution in [1.82, 2.24) is 29.7 Å². The van der Waals surface area contributed by atoms with E-state index in [0.29, 0.717) is 12.2 Å². The van der Waals surface area contributed by atoms with Crippen LogP contribution in [0.25, 0.3) is 5.69 Å². The third-order valence-electron chi connectivity index (χ3n) is 5.28. The van der Waals surface area contributed by atoms with Crippen LogP contribution in [0.5, 0.6) is 0 Å². The van der Waals surface area contributed by atoms with Gasteiger partial charge in [-0.15, -0.1) is 0 Å². The van der Waals surface area contributed by atoms with E-state index >= 15 is 0 Å². The van der Waals surface area contributed by atoms with Crippen LogP contribution in [0.2, 0.25) is 0 Å². The number of benzene rings is 1. The number of para-hydroxylation sites is 1. The van der Waals surface area contributed by atoms with E-state index in [4.69, 9.17) is 0 Å². The fourth-order valence-electron chi connectivity index (χ4n) is 3.83. The number of carbonyl (C=O) groups excluding carboxylic acids is 1. The van der Waals surface area contributed by atoms with Gasteiger partial charge in [0, 0.05) is 32.3 Å². The minimum atomic E-state index is 0.0142. The van der Waals surface area contributed by atoms with Crippen LogP contribution in [0, 0.1) is 5.41 Å². The Morgan fingerprint density at radius 2 is 1.96 bits per heavy atom. The molecule has 0 radical (unpaired) electrons. The highest BCUT2D eigenvalue weighted by Crippen LogP contribution is 2.42. The summed E-state index contributed by atoms with van der Waals surface area (Å²) in [4.78, 5) is 16.4. The number of nitrogens with zero attached hydrogens (tertiary/aromatic N) is 6. The van der Waals surface area contributed by atoms with Gasteiger partial charge in [-0.3, -0.25) is 9.48 Å². The Hall–Kier alpha value is -2.96. The summed E-state index contributed by atoms with van der Waals surface area (Å²) in [5.41, 5.74) is 2.77. The third-order valence-corrected chi connectivity index (χ3v) is 5.28. The standard InChI is InChI=1S/C20H24N6O/c1-20(2)14-25(13-18(20)15-10-21-24(3)12-15)19(27)9-16-11-22-26(23-16)17-7-5-4-6-8-17/h4-8,10-12,18H,9,13-14H2,1-3H3. The lowest BCUT2D eigenvalue weighted by atomic mass is 9.79. The molecule has 1 aliphatic rings. The number of aromatic nitrogens is 5. The topological polar surface area (TPSA) is 68.8 Å². The predicted octanol–water partition coefficient (Wildman–Crippen LogP) is 2.20. The molecular weight excluding hydrogens is 340 g/mol. The molecule has 1 fully saturated rings. The molecule has 0 N–H and O–H groups in total. The van der Waals surface area contributed by atoms with E-state index in [1.54, 1.807) is 11.0 Å². The van der Waals surface area contributed by atoms with E-state index in [1.165, 1.54) is 5.56 Å². The zero-order valence-corrected chi connectivity index (χ0v) is 15.9. The molecule has 0 bridgehead atoms. The number of aryl methyl sites for hydroxylation is 1. The Bertz CT molecular complexity index is 942. The predicted molar refractivity (Wildman–Crippen MR) is 101 cm³/mol. The third kappa shape index (κ3) is 3.49. The average molecular weight is 364 g/mol. The monoisotopic (exact) mass is 364 g/mol. The molecule has 27 heavy (non-hydrogen) atoms. The highest BCUT2D eigenvalue weighted by Gasteiger charge is 2.42. The van der Waals surface area contributed by atoms with Gasteiger partial charge in [-0.2, -0.15) is 20.1 Å². The van der Waals surface area contributed by atoms with Crippen LogP contribution >= 0.6 is 0 Å². The Morgan fingerprint density at radius 3 is 2.67 bits per heavy atom. The summed E-state index contributed by atoms with van der Waals surface area (Å²) >= 11 is 0. The van der Waals surface area contributed by atoms with Crippen molar-refractivity contribution in [3.63, 3.8) is 0 Å². The van der Waals surface area contributed by atoms with Crippen LogP contribution in [0.15, 0.2) is 48.9 Å². The Balaban J connectivity index is 1.45. The fraction of sp³-hybridized carbons (Fsp3) is 0.400. The minimum Gasteiger partial charge on any atom is -0.341 e. The lowest BCUT2D eigenvalue weighted by Gasteiger charge is -2.24. The lowest BCUT2D eigenvalue weighted by molar-refractivity contribution is -0.129. The van der Waals surface area contributed by atoms with Crippen molar-refractivity contribution in [2.45, 2.75) is 26.2 Å². The average Bonchev–Trinajstić information content (AvgIpc) is 3.34. The van der Waals surface area contributed by atoms with Crippen molar-refractivity contribution in [3.05, 3.63) is 60.2 Å². The van der Waals surface area contributed by atoms with E-state index in [9.17, 15) is 4.79 Å². The Labute approximate surface area is 158 Å². The molecule has 1 unspecified atom stereocenters. The van der Waals surface area contributed by atoms with Gasteiger partial charge in [-0.1, -0.05) is 32.0 Å². The minimum absolute atomic E-state index is 0.0142. The van der Waals surface area contributed by atoms with E-state index < -0.39 is 0 Å². The maximum absolute atomic E-state index is 12.9. The van der Waals surface area contributed by atoms with E-state index in [0.717, 1.165) is 12.2 Å². The van der Waals surface area contributed by atoms with Crippen molar-refractivity contribution in [1.29, 1.82) is 0 Å². The Morgan fingerprint density at radius 1 is 1.19 bits per heavy atom. The number of amides is 1. The summed E-state index contributed by atoms with van der Waals surface area (Å²) < 4.78 is 1.82. The van der Waals surface area contributed by atoms with Crippen LogP contribution < -0.4 is 0 Å². The molecule has 0 aliphatic carbocycles. The van der Waals surface area contributed by atoms with Crippen molar-refractivity contribution < 1.29 is 4.79 Å². The molecule has 2 aromatic heterocycles. The first-order chi connectivity index (χ1) is 12.9. The van der Waals surface area contributed by atoms with Crippen LogP contribution in [-0.4, -0.2) is 48.7 Å². The van der Waals surface area contributed by atoms with E-state index in [2.05, 4.69) is 29.1 Å². The zero-order chi connectivity index (χ0) is 19.0. The van der Waals surface area contributed by atoms with Crippen LogP contribution in [0.4, 0.5) is 0 Å². The first-order valence-corrected chi connectivity index (χ1v) is 9.15. The Kier molecular flexibility index (Phi) is 4.30. The molecule has 7 heteroatoms. The van der Waals surface area contributed by atoms with Crippen molar-refractivity contribution in [2.75, 3.05) is 13.1 Å². The summed E-state index contributed by atoms with van der Waals surface area (Å²) in [6.07, 6.45) is 5.89. The van der Waals surface area contributed by atoms with Gasteiger partial charge in [0.25, 0.3) is 0 Å². The van der Waals surface area contributed by atoms with Gasteiger partial charge in [-0.05, 0) is 23.1 Å². The number of likely N-dealkylation sites (tertiary alicyclic amines) is 1. The van der Waals surface area contributed by atoms with Crippen molar-refractivity contribution in [3.8, 4) is 5.69 Å². The molecule has 1 aromatic carbocycles. The molecule has 0 saturated carbocycles. The van der Waals surface area contributed by atoms with Gasteiger partial charge in [0.2, 0.25) is 5.91 Å². The van der Waals surface area contributed by atoms with E-state index in [-0.39, 0.29) is 23.7 Å². The molecule has 3 aromatic rings. The molecule has 1 atom stereocenters. The molecule has 7 nitrogen and oxygen atoms in total. The number of hydrogen-bond donors (Lipinski definition) is 0. The number of carbonyl (C=O) groups is 1. The highest BCUT2D eigenvalue weighted by atomic mass is 16.2. The molecule has 4 rings (SSSR count). The van der Waals surface area contributed by atoms with Gasteiger partial charge < -0.3 is 4.90 Å². The summed E-state index contributed by atoms with van der Waals surface area (Å²) in [5.74, 6) is 0.379. The highest BCUT2D eigenvalue weighted by molar-refractivity contribution is 5.78. The van der Waals surface area contributed by atoms with Crippen molar-refractivity contribution >= 4 is 5.91 Å². The number of hydrogen-bond acceptors (Lipinski definition) is 4. The van der Waals surface area contributed by atoms with Gasteiger partial charge in [0.05, 0.1) is 30.2 Å². The maximum Gasteiger partial charge on any atom is 0.228 e. The summed E-state index contributed by atoms with van der Waals surface area (Å²) in [6.45, 7) is 5.87. The second-order valence-corrected chi connectivity index (χ2v) is 7.90. The fourth-order valence-corrected chi connectivity index (χ4v) is 3.83. The SMILES string of the molecule is Cn1cc(C2CN(C(=O)Cc3cnn(-c4ccccc4)n3)CC2(C)C)cn1. The normalized spacial score (nSPS) is 18.8. The summed E-state index contributed by atoms with van der Waals surface area (Å²) in [7, 11) is 1.92. The second kappa shape index (κ2) is 6.64. The quantitative estimate of drug-likeness (QED) is 0.712. The smallest absolute Gasteiger partial charge is 0.228 e. The van der Waals surface area contributed by atoms with Gasteiger partial charge in [-0.25, -0.2) is 0 Å². The first kappa shape index (κ1) is 17.5. The molecule has 1 amide bonds. The van der Waals surface area contributed by atoms with Crippen LogP contribution in [0.3, 0.4) is 0 Å². The molecule has 1 saturated heterocycles. The summed E-state index contributed by atoms with van der Waals surface area (Å²) in [5, 5.41) is 13.0. The largest absolute Gasteiger partial charge is 0.341 e. The molecule has 0 spiro atoms. The van der Waals surface area contributed by atoms with Crippen LogP contribution in [-0.2, 0) is 18.3 Å². The molecule has 3 heterocycles. The number of rotatable bonds is 4. The molecule has 140 valence electrons. The van der Waals surface area contributed by atoms with Gasteiger partial charge in [0.15, 0.2) is 0 Å².